The Morgan fingerprint density at radius 2 is 2.26 bits per heavy atom. The molecule has 0 aliphatic rings. The average Bonchev–Trinajstić information content (AvgIpc) is 2.93. The maximum Gasteiger partial charge on any atom is 0.267 e. The van der Waals surface area contributed by atoms with Gasteiger partial charge >= 0.3 is 0 Å². The van der Waals surface area contributed by atoms with E-state index in [9.17, 15) is 9.59 Å². The molecule has 0 aliphatic carbocycles. The highest BCUT2D eigenvalue weighted by molar-refractivity contribution is 7.13. The zero-order chi connectivity index (χ0) is 13.8. The molecule has 0 spiro atoms. The lowest BCUT2D eigenvalue weighted by molar-refractivity contribution is -0.124. The van der Waals surface area contributed by atoms with Gasteiger partial charge in [0.2, 0.25) is 5.91 Å². The van der Waals surface area contributed by atoms with Gasteiger partial charge in [-0.15, -0.1) is 11.3 Å². The van der Waals surface area contributed by atoms with Gasteiger partial charge in [0.05, 0.1) is 4.88 Å². The third kappa shape index (κ3) is 2.90. The van der Waals surface area contributed by atoms with Gasteiger partial charge in [0.15, 0.2) is 0 Å². The second-order valence-electron chi connectivity index (χ2n) is 4.05. The first kappa shape index (κ1) is 13.5. The van der Waals surface area contributed by atoms with E-state index in [0.29, 0.717) is 12.2 Å². The Kier molecular flexibility index (Phi) is 4.11. The van der Waals surface area contributed by atoms with Crippen molar-refractivity contribution in [3.05, 3.63) is 40.0 Å². The smallest absolute Gasteiger partial charge is 0.267 e. The molecular formula is C13H15N3O2S. The molecule has 2 aromatic rings. The van der Waals surface area contributed by atoms with Crippen molar-refractivity contribution >= 4 is 17.2 Å². The summed E-state index contributed by atoms with van der Waals surface area (Å²) in [5.74, 6) is -0.208. The normalized spacial score (nSPS) is 12.1. The van der Waals surface area contributed by atoms with Gasteiger partial charge in [-0.3, -0.25) is 9.59 Å². The number of aromatic nitrogens is 2. The molecule has 2 rings (SSSR count). The molecule has 2 heterocycles. The Balaban J connectivity index is 2.37. The van der Waals surface area contributed by atoms with Crippen molar-refractivity contribution in [2.75, 3.05) is 6.54 Å². The Labute approximate surface area is 114 Å². The molecule has 0 radical (unpaired) electrons. The van der Waals surface area contributed by atoms with E-state index < -0.39 is 6.04 Å². The van der Waals surface area contributed by atoms with Crippen molar-refractivity contribution in [2.24, 2.45) is 0 Å². The highest BCUT2D eigenvalue weighted by atomic mass is 32.1. The molecule has 0 saturated heterocycles. The van der Waals surface area contributed by atoms with Crippen LogP contribution in [0.4, 0.5) is 0 Å². The van der Waals surface area contributed by atoms with Crippen molar-refractivity contribution < 1.29 is 4.79 Å². The van der Waals surface area contributed by atoms with E-state index in [-0.39, 0.29) is 11.5 Å². The quantitative estimate of drug-likeness (QED) is 0.924. The number of amides is 1. The molecule has 0 aliphatic heterocycles. The molecule has 0 saturated carbocycles. The second-order valence-corrected chi connectivity index (χ2v) is 5.00. The Bertz CT molecular complexity index is 619. The number of likely N-dealkylation sites (N-methyl/N-ethyl adjacent to an activating group) is 1. The predicted octanol–water partition coefficient (Wildman–Crippen LogP) is 1.67. The van der Waals surface area contributed by atoms with Crippen molar-refractivity contribution in [3.8, 4) is 10.6 Å². The third-order valence-electron chi connectivity index (χ3n) is 2.70. The maximum absolute atomic E-state index is 11.8. The van der Waals surface area contributed by atoms with Crippen LogP contribution < -0.4 is 10.9 Å². The summed E-state index contributed by atoms with van der Waals surface area (Å²) >= 11 is 1.54. The van der Waals surface area contributed by atoms with Crippen LogP contribution in [-0.2, 0) is 4.79 Å². The van der Waals surface area contributed by atoms with E-state index in [0.717, 1.165) is 4.88 Å². The summed E-state index contributed by atoms with van der Waals surface area (Å²) in [5.41, 5.74) is 0.421. The first-order valence-electron chi connectivity index (χ1n) is 6.05. The molecule has 1 unspecified atom stereocenters. The van der Waals surface area contributed by atoms with Gasteiger partial charge in [-0.1, -0.05) is 6.07 Å². The summed E-state index contributed by atoms with van der Waals surface area (Å²) in [6.07, 6.45) is 0. The van der Waals surface area contributed by atoms with Crippen LogP contribution in [-0.4, -0.2) is 22.2 Å². The molecule has 6 heteroatoms. The van der Waals surface area contributed by atoms with E-state index >= 15 is 0 Å². The minimum atomic E-state index is -0.618. The predicted molar refractivity (Wildman–Crippen MR) is 75.2 cm³/mol. The van der Waals surface area contributed by atoms with Crippen LogP contribution in [0.1, 0.15) is 19.9 Å². The minimum Gasteiger partial charge on any atom is -0.355 e. The van der Waals surface area contributed by atoms with Crippen LogP contribution >= 0.6 is 11.3 Å². The molecule has 0 fully saturated rings. The lowest BCUT2D eigenvalue weighted by Crippen LogP contribution is -2.36. The first-order chi connectivity index (χ1) is 9.13. The summed E-state index contributed by atoms with van der Waals surface area (Å²) in [4.78, 5) is 24.6. The molecule has 2 aromatic heterocycles. The van der Waals surface area contributed by atoms with Crippen LogP contribution in [0.25, 0.3) is 10.6 Å². The number of hydrogen-bond donors (Lipinski definition) is 1. The fourth-order valence-electron chi connectivity index (χ4n) is 1.69. The molecule has 1 amide bonds. The summed E-state index contributed by atoms with van der Waals surface area (Å²) in [6, 6.07) is 6.35. The number of hydrogen-bond acceptors (Lipinski definition) is 4. The van der Waals surface area contributed by atoms with Gasteiger partial charge in [0.1, 0.15) is 11.7 Å². The van der Waals surface area contributed by atoms with E-state index in [2.05, 4.69) is 10.4 Å². The molecule has 1 N–H and O–H groups in total. The lowest BCUT2D eigenvalue weighted by atomic mass is 10.3. The van der Waals surface area contributed by atoms with Gasteiger partial charge in [-0.2, -0.15) is 5.10 Å². The van der Waals surface area contributed by atoms with Gasteiger partial charge in [-0.25, -0.2) is 4.68 Å². The molecule has 0 aromatic carbocycles. The van der Waals surface area contributed by atoms with Crippen molar-refractivity contribution in [1.29, 1.82) is 0 Å². The van der Waals surface area contributed by atoms with Gasteiger partial charge < -0.3 is 5.32 Å². The molecule has 100 valence electrons. The molecule has 5 nitrogen and oxygen atoms in total. The largest absolute Gasteiger partial charge is 0.355 e. The Morgan fingerprint density at radius 1 is 1.47 bits per heavy atom. The highest BCUT2D eigenvalue weighted by Gasteiger charge is 2.17. The fraction of sp³-hybridized carbons (Fsp3) is 0.308. The topological polar surface area (TPSA) is 64.0 Å². The third-order valence-corrected chi connectivity index (χ3v) is 3.59. The Hall–Kier alpha value is -1.95. The number of carbonyl (C=O) groups excluding carboxylic acids is 1. The van der Waals surface area contributed by atoms with Crippen LogP contribution in [0, 0.1) is 0 Å². The molecule has 1 atom stereocenters. The van der Waals surface area contributed by atoms with Crippen LogP contribution in [0.3, 0.4) is 0 Å². The Morgan fingerprint density at radius 3 is 2.89 bits per heavy atom. The highest BCUT2D eigenvalue weighted by Crippen LogP contribution is 2.21. The minimum absolute atomic E-state index is 0.208. The molecular weight excluding hydrogens is 262 g/mol. The van der Waals surface area contributed by atoms with Crippen LogP contribution in [0.15, 0.2) is 34.4 Å². The number of nitrogens with zero attached hydrogens (tertiary/aromatic N) is 2. The summed E-state index contributed by atoms with van der Waals surface area (Å²) in [7, 11) is 0. The van der Waals surface area contributed by atoms with Crippen molar-refractivity contribution in [1.82, 2.24) is 15.1 Å². The first-order valence-corrected chi connectivity index (χ1v) is 6.93. The number of carbonyl (C=O) groups is 1. The van der Waals surface area contributed by atoms with Gasteiger partial charge in [0, 0.05) is 12.6 Å². The second kappa shape index (κ2) is 5.79. The standard InChI is InChI=1S/C13H15N3O2S/c1-3-14-13(18)9(2)16-12(17)7-6-10(15-16)11-5-4-8-19-11/h4-9H,3H2,1-2H3,(H,14,18). The maximum atomic E-state index is 11.8. The van der Waals surface area contributed by atoms with E-state index in [1.165, 1.54) is 10.7 Å². The van der Waals surface area contributed by atoms with Crippen molar-refractivity contribution in [3.63, 3.8) is 0 Å². The zero-order valence-corrected chi connectivity index (χ0v) is 11.6. The van der Waals surface area contributed by atoms with Crippen molar-refractivity contribution in [2.45, 2.75) is 19.9 Å². The summed E-state index contributed by atoms with van der Waals surface area (Å²) < 4.78 is 1.22. The zero-order valence-electron chi connectivity index (χ0n) is 10.8. The van der Waals surface area contributed by atoms with Gasteiger partial charge in [0.25, 0.3) is 5.56 Å². The molecule has 0 bridgehead atoms. The monoisotopic (exact) mass is 277 g/mol. The number of nitrogens with one attached hydrogen (secondary N) is 1. The summed E-state index contributed by atoms with van der Waals surface area (Å²) in [5, 5.41) is 8.91. The lowest BCUT2D eigenvalue weighted by Gasteiger charge is -2.13. The van der Waals surface area contributed by atoms with Gasteiger partial charge in [-0.05, 0) is 31.4 Å². The average molecular weight is 277 g/mol. The van der Waals surface area contributed by atoms with Crippen LogP contribution in [0.5, 0.6) is 0 Å². The summed E-state index contributed by atoms with van der Waals surface area (Å²) in [6.45, 7) is 4.03. The number of thiophene rings is 1. The number of rotatable bonds is 4. The van der Waals surface area contributed by atoms with E-state index in [1.807, 2.05) is 24.4 Å². The fourth-order valence-corrected chi connectivity index (χ4v) is 2.38. The van der Waals surface area contributed by atoms with E-state index in [1.54, 1.807) is 24.3 Å². The SMILES string of the molecule is CCNC(=O)C(C)n1nc(-c2cccs2)ccc1=O. The van der Waals surface area contributed by atoms with E-state index in [4.69, 9.17) is 0 Å². The molecule has 19 heavy (non-hydrogen) atoms. The van der Waals surface area contributed by atoms with Crippen LogP contribution in [0.2, 0.25) is 0 Å².